The first-order valence-corrected chi connectivity index (χ1v) is 18.9. The van der Waals surface area contributed by atoms with Gasteiger partial charge in [-0.3, -0.25) is 18.5 Å². The molecule has 55 heavy (non-hydrogen) atoms. The quantitative estimate of drug-likeness (QED) is 0.167. The van der Waals surface area contributed by atoms with Crippen LogP contribution in [-0.4, -0.2) is 98.2 Å². The van der Waals surface area contributed by atoms with Crippen molar-refractivity contribution in [3.8, 4) is 0 Å². The summed E-state index contributed by atoms with van der Waals surface area (Å²) in [6.07, 6.45) is -8.62. The van der Waals surface area contributed by atoms with E-state index >= 15 is 0 Å². The van der Waals surface area contributed by atoms with Gasteiger partial charge >= 0.3 is 34.0 Å². The molecule has 1 amide bonds. The van der Waals surface area contributed by atoms with E-state index < -0.39 is 95.3 Å². The molecule has 5 rings (SSSR count). The molecule has 2 aliphatic heterocycles. The first-order chi connectivity index (χ1) is 26.2. The lowest BCUT2D eigenvalue weighted by molar-refractivity contribution is -0.196. The molecule has 19 heteroatoms. The highest BCUT2D eigenvalue weighted by atomic mass is 32.2. The van der Waals surface area contributed by atoms with Crippen LogP contribution in [0.2, 0.25) is 0 Å². The van der Waals surface area contributed by atoms with Gasteiger partial charge in [-0.05, 0) is 52.0 Å². The number of ether oxygens (including phenoxy) is 7. The number of hydrogen-bond donors (Lipinski definition) is 2. The molecule has 2 aromatic carbocycles. The van der Waals surface area contributed by atoms with Gasteiger partial charge in [-0.25, -0.2) is 19.2 Å². The Balaban J connectivity index is 1.24. The van der Waals surface area contributed by atoms with Gasteiger partial charge in [-0.15, -0.1) is 0 Å². The Morgan fingerprint density at radius 3 is 2.05 bits per heavy atom. The maximum absolute atomic E-state index is 13.0. The fourth-order valence-corrected chi connectivity index (χ4v) is 6.52. The molecule has 0 bridgehead atoms. The van der Waals surface area contributed by atoms with Crippen molar-refractivity contribution in [2.75, 3.05) is 13.2 Å². The largest absolute Gasteiger partial charge is 0.459 e. The number of esters is 2. The van der Waals surface area contributed by atoms with Crippen molar-refractivity contribution in [1.29, 1.82) is 0 Å². The van der Waals surface area contributed by atoms with Crippen LogP contribution in [0.5, 0.6) is 0 Å². The van der Waals surface area contributed by atoms with Crippen LogP contribution in [0.15, 0.2) is 82.5 Å². The van der Waals surface area contributed by atoms with E-state index in [1.165, 1.54) is 6.20 Å². The van der Waals surface area contributed by atoms with Crippen LogP contribution in [0, 0.1) is 0 Å². The van der Waals surface area contributed by atoms with E-state index in [4.69, 9.17) is 37.3 Å². The number of nitrogens with one attached hydrogen (secondary N) is 2. The third kappa shape index (κ3) is 11.8. The minimum Gasteiger partial charge on any atom is -0.459 e. The lowest BCUT2D eigenvalue weighted by Crippen LogP contribution is -2.45. The van der Waals surface area contributed by atoms with Gasteiger partial charge in [-0.2, -0.15) is 13.1 Å². The second kappa shape index (κ2) is 18.6. The van der Waals surface area contributed by atoms with Gasteiger partial charge in [0, 0.05) is 25.1 Å². The molecule has 2 fully saturated rings. The summed E-state index contributed by atoms with van der Waals surface area (Å²) in [6.45, 7) is 5.96. The Morgan fingerprint density at radius 2 is 1.44 bits per heavy atom. The van der Waals surface area contributed by atoms with Crippen LogP contribution in [0.25, 0.3) is 0 Å². The Morgan fingerprint density at radius 1 is 0.818 bits per heavy atom. The average Bonchev–Trinajstić information content (AvgIpc) is 3.44. The van der Waals surface area contributed by atoms with E-state index in [0.29, 0.717) is 0 Å². The summed E-state index contributed by atoms with van der Waals surface area (Å²) in [5.74, 6) is -1.30. The molecule has 7 atom stereocenters. The number of H-pyrrole nitrogens is 1. The predicted molar refractivity (Wildman–Crippen MR) is 190 cm³/mol. The van der Waals surface area contributed by atoms with Gasteiger partial charge in [0.05, 0.1) is 36.0 Å². The average molecular weight is 790 g/mol. The number of aromatic amines is 1. The highest BCUT2D eigenvalue weighted by Gasteiger charge is 2.49. The van der Waals surface area contributed by atoms with Gasteiger partial charge in [0.25, 0.3) is 5.56 Å². The molecule has 2 aliphatic rings. The van der Waals surface area contributed by atoms with Crippen LogP contribution in [0.3, 0.4) is 0 Å². The zero-order valence-electron chi connectivity index (χ0n) is 30.4. The summed E-state index contributed by atoms with van der Waals surface area (Å²) in [7, 11) is -4.87. The maximum Gasteiger partial charge on any atom is 0.425 e. The Labute approximate surface area is 316 Å². The Kier molecular flexibility index (Phi) is 14.0. The zero-order chi connectivity index (χ0) is 39.7. The molecule has 2 N–H and O–H groups in total. The van der Waals surface area contributed by atoms with E-state index in [1.54, 1.807) is 93.1 Å². The summed E-state index contributed by atoms with van der Waals surface area (Å²) in [5, 5.41) is 0. The van der Waals surface area contributed by atoms with E-state index in [9.17, 15) is 32.4 Å². The number of carbonyl (C=O) groups is 3. The fraction of sp³-hybridized carbons (Fsp3) is 0.472. The van der Waals surface area contributed by atoms with Crippen molar-refractivity contribution in [2.24, 2.45) is 0 Å². The molecular weight excluding hydrogens is 746 g/mol. The molecule has 1 aromatic heterocycles. The van der Waals surface area contributed by atoms with E-state index in [1.807, 2.05) is 0 Å². The van der Waals surface area contributed by atoms with Crippen molar-refractivity contribution in [3.63, 3.8) is 0 Å². The third-order valence-electron chi connectivity index (χ3n) is 8.12. The van der Waals surface area contributed by atoms with Crippen molar-refractivity contribution >= 4 is 28.3 Å². The molecule has 0 radical (unpaired) electrons. The number of nitrogens with zero attached hydrogens (tertiary/aromatic N) is 1. The second-order valence-electron chi connectivity index (χ2n) is 13.1. The van der Waals surface area contributed by atoms with Gasteiger partial charge in [-0.1, -0.05) is 36.4 Å². The van der Waals surface area contributed by atoms with E-state index in [0.717, 1.165) is 10.6 Å². The number of carbonyl (C=O) groups excluding carboxylic acids is 3. The first-order valence-electron chi connectivity index (χ1n) is 17.5. The summed E-state index contributed by atoms with van der Waals surface area (Å²) in [6, 6.07) is 17.5. The van der Waals surface area contributed by atoms with E-state index in [-0.39, 0.29) is 36.7 Å². The summed E-state index contributed by atoms with van der Waals surface area (Å²) < 4.78 is 74.0. The molecule has 0 saturated carbocycles. The highest BCUT2D eigenvalue weighted by molar-refractivity contribution is 7.85. The Hall–Kier alpha value is -4.92. The first kappa shape index (κ1) is 41.2. The number of amides is 1. The molecule has 0 unspecified atom stereocenters. The Bertz CT molecular complexity index is 1990. The summed E-state index contributed by atoms with van der Waals surface area (Å²) in [4.78, 5) is 64.8. The second-order valence-corrected chi connectivity index (χ2v) is 14.5. The van der Waals surface area contributed by atoms with Gasteiger partial charge in [0.2, 0.25) is 6.29 Å². The van der Waals surface area contributed by atoms with Crippen molar-refractivity contribution in [3.05, 3.63) is 105 Å². The normalized spacial score (nSPS) is 24.0. The number of benzene rings is 2. The predicted octanol–water partition coefficient (Wildman–Crippen LogP) is 2.60. The minimum atomic E-state index is -4.87. The lowest BCUT2D eigenvalue weighted by Gasteiger charge is -2.34. The molecule has 18 nitrogen and oxygen atoms in total. The van der Waals surface area contributed by atoms with Crippen LogP contribution < -0.4 is 16.0 Å². The lowest BCUT2D eigenvalue weighted by atomic mass is 10.0. The standard InChI is InChI=1S/C36H43N3O15S/c1-21(2)49-30-27(53-32(31(30)50-22(3)4)39-16-15-28(40)37-35(39)43)20-48-55(45,46)38-36(44)54-29-18-25(52-34(42)24-13-9-6-10-14-24)17-26(51-29)19-47-33(41)23-11-7-5-8-12-23/h5-16,21-22,25-27,29-32H,17-20H2,1-4H3,(H,38,44)(H,37,40,43)/t25-,26-,27+,29+,30+,31+,32+/m0/s1. The van der Waals surface area contributed by atoms with Crippen molar-refractivity contribution < 1.29 is 60.1 Å². The molecule has 3 aromatic rings. The SMILES string of the molecule is CC(C)O[C@@H]1[C@H](OC(C)C)[C@@H](COS(=O)(=O)NC(=O)O[C@@H]2C[C@@H](OC(=O)c3ccccc3)C[C@@H](COC(=O)c3ccccc3)O2)O[C@H]1n1ccc(=O)[nH]c1=O. The van der Waals surface area contributed by atoms with Crippen LogP contribution in [-0.2, 0) is 47.6 Å². The maximum atomic E-state index is 13.0. The number of rotatable bonds is 15. The molecular formula is C36H43N3O15S. The number of aromatic nitrogens is 2. The summed E-state index contributed by atoms with van der Waals surface area (Å²) in [5.41, 5.74) is -0.873. The molecule has 0 spiro atoms. The smallest absolute Gasteiger partial charge is 0.425 e. The summed E-state index contributed by atoms with van der Waals surface area (Å²) >= 11 is 0. The van der Waals surface area contributed by atoms with Gasteiger partial charge < -0.3 is 33.2 Å². The number of hydrogen-bond acceptors (Lipinski definition) is 15. The monoisotopic (exact) mass is 789 g/mol. The van der Waals surface area contributed by atoms with Crippen LogP contribution in [0.4, 0.5) is 4.79 Å². The van der Waals surface area contributed by atoms with Crippen LogP contribution in [0.1, 0.15) is 67.5 Å². The topological polar surface area (TPSA) is 226 Å². The van der Waals surface area contributed by atoms with Crippen LogP contribution >= 0.6 is 0 Å². The third-order valence-corrected chi connectivity index (χ3v) is 8.99. The fourth-order valence-electron chi connectivity index (χ4n) is 5.89. The van der Waals surface area contributed by atoms with Crippen molar-refractivity contribution in [2.45, 2.75) is 95.8 Å². The van der Waals surface area contributed by atoms with Gasteiger partial charge in [0.15, 0.2) is 6.23 Å². The van der Waals surface area contributed by atoms with E-state index in [2.05, 4.69) is 4.98 Å². The van der Waals surface area contributed by atoms with Crippen molar-refractivity contribution in [1.82, 2.24) is 14.3 Å². The zero-order valence-corrected chi connectivity index (χ0v) is 31.2. The molecule has 2 saturated heterocycles. The minimum absolute atomic E-state index is 0.0677. The highest BCUT2D eigenvalue weighted by Crippen LogP contribution is 2.35. The van der Waals surface area contributed by atoms with Gasteiger partial charge in [0.1, 0.15) is 31.0 Å². The molecule has 298 valence electrons. The molecule has 0 aliphatic carbocycles. The molecule has 3 heterocycles.